The number of rotatable bonds is 17. The molecule has 0 aromatic heterocycles. The first-order valence-corrected chi connectivity index (χ1v) is 14.5. The van der Waals surface area contributed by atoms with Crippen LogP contribution in [0.25, 0.3) is 0 Å². The molecule has 0 saturated carbocycles. The predicted molar refractivity (Wildman–Crippen MR) is 153 cm³/mol. The summed E-state index contributed by atoms with van der Waals surface area (Å²) in [6.45, 7) is 13.0. The van der Waals surface area contributed by atoms with E-state index in [1.54, 1.807) is 26.8 Å². The van der Waals surface area contributed by atoms with E-state index in [1.807, 2.05) is 27.7 Å². The average Bonchev–Trinajstić information content (AvgIpc) is 2.88. The second kappa shape index (κ2) is 19.6. The zero-order valence-corrected chi connectivity index (χ0v) is 25.8. The minimum absolute atomic E-state index is 0.00121. The lowest BCUT2D eigenvalue weighted by atomic mass is 10.1. The van der Waals surface area contributed by atoms with Crippen molar-refractivity contribution in [1.82, 2.24) is 0 Å². The first kappa shape index (κ1) is 36.5. The van der Waals surface area contributed by atoms with Gasteiger partial charge in [0.15, 0.2) is 11.5 Å². The molecule has 12 heteroatoms. The lowest BCUT2D eigenvalue weighted by Gasteiger charge is -2.17. The highest BCUT2D eigenvalue weighted by Crippen LogP contribution is 2.30. The maximum absolute atomic E-state index is 12.5. The lowest BCUT2D eigenvalue weighted by molar-refractivity contribution is -0.148. The molecule has 0 spiro atoms. The summed E-state index contributed by atoms with van der Waals surface area (Å²) in [5.41, 5.74) is 6.53. The van der Waals surface area contributed by atoms with Gasteiger partial charge in [0, 0.05) is 0 Å². The van der Waals surface area contributed by atoms with Gasteiger partial charge in [-0.3, -0.25) is 4.79 Å². The van der Waals surface area contributed by atoms with Crippen LogP contribution in [-0.4, -0.2) is 62.0 Å². The van der Waals surface area contributed by atoms with Gasteiger partial charge in [0.2, 0.25) is 0 Å². The van der Waals surface area contributed by atoms with Crippen LogP contribution in [0.15, 0.2) is 18.2 Å². The predicted octanol–water partition coefficient (Wildman–Crippen LogP) is 6.10. The van der Waals surface area contributed by atoms with Gasteiger partial charge in [0.05, 0.1) is 6.61 Å². The van der Waals surface area contributed by atoms with Crippen LogP contribution in [0.4, 0.5) is 14.4 Å². The van der Waals surface area contributed by atoms with E-state index in [9.17, 15) is 19.2 Å². The fraction of sp³-hybridized carbons (Fsp3) is 0.667. The summed E-state index contributed by atoms with van der Waals surface area (Å²) in [6, 6.07) is 3.28. The maximum Gasteiger partial charge on any atom is 0.514 e. The molecule has 42 heavy (non-hydrogen) atoms. The molecule has 0 bridgehead atoms. The second-order valence-electron chi connectivity index (χ2n) is 10.6. The van der Waals surface area contributed by atoms with Crippen LogP contribution in [0.5, 0.6) is 11.5 Å². The molecule has 1 aromatic rings. The monoisotopic (exact) mass is 597 g/mol. The molecule has 0 heterocycles. The van der Waals surface area contributed by atoms with Crippen LogP contribution in [0.2, 0.25) is 0 Å². The number of carbonyl (C=O) groups excluding carboxylic acids is 4. The quantitative estimate of drug-likeness (QED) is 0.125. The van der Waals surface area contributed by atoms with Crippen LogP contribution in [0.3, 0.4) is 0 Å². The molecule has 0 saturated heterocycles. The van der Waals surface area contributed by atoms with Gasteiger partial charge in [-0.2, -0.15) is 0 Å². The molecule has 0 aliphatic rings. The van der Waals surface area contributed by atoms with Gasteiger partial charge in [-0.05, 0) is 70.1 Å². The first-order chi connectivity index (χ1) is 19.8. The zero-order valence-electron chi connectivity index (χ0n) is 25.8. The minimum atomic E-state index is -1.09. The molecule has 2 unspecified atom stereocenters. The van der Waals surface area contributed by atoms with Crippen molar-refractivity contribution in [3.63, 3.8) is 0 Å². The number of esters is 1. The standard InChI is InChI=1S/C30H47NO11/c1-8-10-20(5)38-29(34)41-25-13-12-23(17-26(25)42-30(35)39-21(6)11-9-2)16-24(31)27(32)37-18-22(7)40-28(33)36-15-14-19(3)4/h12-13,17,19-22,24H,8-11,14-16,18,31H2,1-7H3/t20?,21?,22-,24-/m0/s1. The summed E-state index contributed by atoms with van der Waals surface area (Å²) >= 11 is 0. The van der Waals surface area contributed by atoms with E-state index in [4.69, 9.17) is 38.9 Å². The van der Waals surface area contributed by atoms with E-state index in [-0.39, 0.29) is 43.3 Å². The number of hydrogen-bond donors (Lipinski definition) is 1. The Labute approximate surface area is 248 Å². The Kier molecular flexibility index (Phi) is 17.0. The maximum atomic E-state index is 12.5. The summed E-state index contributed by atoms with van der Waals surface area (Å²) in [6.07, 6.45) is -0.649. The Balaban J connectivity index is 2.84. The Morgan fingerprint density at radius 3 is 1.81 bits per heavy atom. The Morgan fingerprint density at radius 2 is 1.26 bits per heavy atom. The van der Waals surface area contributed by atoms with Gasteiger partial charge in [-0.1, -0.05) is 46.6 Å². The number of carbonyl (C=O) groups is 4. The van der Waals surface area contributed by atoms with Crippen molar-refractivity contribution in [3.05, 3.63) is 23.8 Å². The van der Waals surface area contributed by atoms with Crippen molar-refractivity contribution in [1.29, 1.82) is 0 Å². The third kappa shape index (κ3) is 15.5. The van der Waals surface area contributed by atoms with Crippen molar-refractivity contribution >= 4 is 24.4 Å². The molecule has 0 aliphatic heterocycles. The van der Waals surface area contributed by atoms with E-state index in [0.29, 0.717) is 30.7 Å². The van der Waals surface area contributed by atoms with Crippen LogP contribution in [0.1, 0.15) is 86.1 Å². The van der Waals surface area contributed by atoms with E-state index in [2.05, 4.69) is 0 Å². The third-order valence-corrected chi connectivity index (χ3v) is 5.81. The van der Waals surface area contributed by atoms with Crippen LogP contribution in [0, 0.1) is 5.92 Å². The van der Waals surface area contributed by atoms with Crippen molar-refractivity contribution in [2.75, 3.05) is 13.2 Å². The van der Waals surface area contributed by atoms with Crippen LogP contribution >= 0.6 is 0 Å². The number of hydrogen-bond acceptors (Lipinski definition) is 12. The number of ether oxygens (including phenoxy) is 7. The van der Waals surface area contributed by atoms with Gasteiger partial charge >= 0.3 is 24.4 Å². The molecule has 0 radical (unpaired) electrons. The van der Waals surface area contributed by atoms with E-state index in [0.717, 1.165) is 12.8 Å². The summed E-state index contributed by atoms with van der Waals surface area (Å²) in [7, 11) is 0. The van der Waals surface area contributed by atoms with Gasteiger partial charge in [0.25, 0.3) is 0 Å². The molecule has 2 N–H and O–H groups in total. The Bertz CT molecular complexity index is 997. The minimum Gasteiger partial charge on any atom is -0.461 e. The lowest BCUT2D eigenvalue weighted by Crippen LogP contribution is -2.36. The topological polar surface area (TPSA) is 159 Å². The zero-order chi connectivity index (χ0) is 31.7. The summed E-state index contributed by atoms with van der Waals surface area (Å²) < 4.78 is 36.3. The molecule has 238 valence electrons. The van der Waals surface area contributed by atoms with Crippen LogP contribution < -0.4 is 15.2 Å². The second-order valence-corrected chi connectivity index (χ2v) is 10.6. The highest BCUT2D eigenvalue weighted by Gasteiger charge is 2.22. The van der Waals surface area contributed by atoms with Gasteiger partial charge in [-0.25, -0.2) is 14.4 Å². The third-order valence-electron chi connectivity index (χ3n) is 5.81. The molecule has 1 rings (SSSR count). The van der Waals surface area contributed by atoms with Crippen LogP contribution in [-0.2, 0) is 34.9 Å². The summed E-state index contributed by atoms with van der Waals surface area (Å²) in [5.74, 6) is -0.541. The molecule has 0 amide bonds. The van der Waals surface area contributed by atoms with Gasteiger partial charge in [0.1, 0.15) is 31.0 Å². The SMILES string of the molecule is CCCC(C)OC(=O)Oc1ccc(C[C@H](N)C(=O)OC[C@H](C)OC(=O)OCCC(C)C)cc1OC(=O)OC(C)CCC. The molecule has 0 fully saturated rings. The van der Waals surface area contributed by atoms with Crippen molar-refractivity contribution in [3.8, 4) is 11.5 Å². The van der Waals surface area contributed by atoms with E-state index in [1.165, 1.54) is 12.1 Å². The van der Waals surface area contributed by atoms with Crippen molar-refractivity contribution in [2.45, 2.75) is 111 Å². The number of benzene rings is 1. The summed E-state index contributed by atoms with van der Waals surface area (Å²) in [4.78, 5) is 48.9. The van der Waals surface area contributed by atoms with Crippen molar-refractivity contribution < 1.29 is 52.3 Å². The molecular weight excluding hydrogens is 550 g/mol. The summed E-state index contributed by atoms with van der Waals surface area (Å²) in [5, 5.41) is 0. The Morgan fingerprint density at radius 1 is 0.714 bits per heavy atom. The highest BCUT2D eigenvalue weighted by molar-refractivity contribution is 5.76. The number of nitrogens with two attached hydrogens (primary N) is 1. The van der Waals surface area contributed by atoms with Gasteiger partial charge < -0.3 is 38.9 Å². The first-order valence-electron chi connectivity index (χ1n) is 14.5. The van der Waals surface area contributed by atoms with E-state index < -0.39 is 36.6 Å². The average molecular weight is 598 g/mol. The highest BCUT2D eigenvalue weighted by atomic mass is 16.8. The van der Waals surface area contributed by atoms with Gasteiger partial charge in [-0.15, -0.1) is 0 Å². The molecule has 1 aromatic carbocycles. The smallest absolute Gasteiger partial charge is 0.461 e. The Hall–Kier alpha value is -3.54. The normalized spacial score (nSPS) is 13.7. The fourth-order valence-electron chi connectivity index (χ4n) is 3.58. The van der Waals surface area contributed by atoms with E-state index >= 15 is 0 Å². The fourth-order valence-corrected chi connectivity index (χ4v) is 3.58. The molecule has 4 atom stereocenters. The molecule has 12 nitrogen and oxygen atoms in total. The molecular formula is C30H47NO11. The largest absolute Gasteiger partial charge is 0.514 e. The molecule has 0 aliphatic carbocycles. The van der Waals surface area contributed by atoms with Crippen molar-refractivity contribution in [2.24, 2.45) is 11.7 Å².